The fourth-order valence-corrected chi connectivity index (χ4v) is 1.32. The first-order valence-corrected chi connectivity index (χ1v) is 4.34. The molecule has 3 nitrogen and oxygen atoms in total. The van der Waals surface area contributed by atoms with Crippen LogP contribution in [-0.2, 0) is 4.79 Å². The number of nitrogens with zero attached hydrogens (tertiary/aromatic N) is 1. The number of halogens is 1. The molecule has 1 saturated heterocycles. The van der Waals surface area contributed by atoms with Gasteiger partial charge < -0.3 is 9.64 Å². The third-order valence-electron chi connectivity index (χ3n) is 2.18. The predicted octanol–water partition coefficient (Wildman–Crippen LogP) is 1.05. The molecule has 1 aromatic rings. The normalized spacial score (nSPS) is 20.6. The minimum atomic E-state index is -0.398. The highest BCUT2D eigenvalue weighted by molar-refractivity contribution is 5.86. The van der Waals surface area contributed by atoms with Gasteiger partial charge in [0.15, 0.2) is 6.10 Å². The van der Waals surface area contributed by atoms with E-state index in [1.54, 1.807) is 11.9 Å². The summed E-state index contributed by atoms with van der Waals surface area (Å²) in [5.41, 5.74) is 0. The molecule has 0 radical (unpaired) electrons. The van der Waals surface area contributed by atoms with Gasteiger partial charge in [-0.25, -0.2) is 4.39 Å². The Balaban J connectivity index is 1.99. The highest BCUT2D eigenvalue weighted by Gasteiger charge is 2.35. The second-order valence-corrected chi connectivity index (χ2v) is 3.28. The van der Waals surface area contributed by atoms with Crippen molar-refractivity contribution in [2.45, 2.75) is 6.10 Å². The first kappa shape index (κ1) is 8.99. The molecule has 1 aliphatic rings. The van der Waals surface area contributed by atoms with E-state index in [-0.39, 0.29) is 11.7 Å². The summed E-state index contributed by atoms with van der Waals surface area (Å²) >= 11 is 0. The van der Waals surface area contributed by atoms with Crippen LogP contribution < -0.4 is 4.74 Å². The van der Waals surface area contributed by atoms with Gasteiger partial charge in [0.05, 0.1) is 6.54 Å². The number of amides is 1. The zero-order valence-corrected chi connectivity index (χ0v) is 7.74. The molecule has 1 atom stereocenters. The van der Waals surface area contributed by atoms with Crippen LogP contribution in [0.1, 0.15) is 0 Å². The molecule has 74 valence electrons. The zero-order valence-electron chi connectivity index (χ0n) is 7.74. The van der Waals surface area contributed by atoms with Crippen molar-refractivity contribution in [1.29, 1.82) is 0 Å². The molecule has 1 amide bonds. The highest BCUT2D eigenvalue weighted by Crippen LogP contribution is 2.18. The van der Waals surface area contributed by atoms with Gasteiger partial charge in [0.1, 0.15) is 11.6 Å². The van der Waals surface area contributed by atoms with Crippen LogP contribution in [0, 0.1) is 5.82 Å². The highest BCUT2D eigenvalue weighted by atomic mass is 19.1. The summed E-state index contributed by atoms with van der Waals surface area (Å²) in [6.45, 7) is 0.593. The van der Waals surface area contributed by atoms with Gasteiger partial charge in [-0.3, -0.25) is 4.79 Å². The topological polar surface area (TPSA) is 29.5 Å². The third-order valence-corrected chi connectivity index (χ3v) is 2.18. The van der Waals surface area contributed by atoms with Gasteiger partial charge in [-0.15, -0.1) is 0 Å². The van der Waals surface area contributed by atoms with Crippen molar-refractivity contribution in [2.75, 3.05) is 13.6 Å². The molecule has 0 saturated carbocycles. The van der Waals surface area contributed by atoms with Crippen molar-refractivity contribution < 1.29 is 13.9 Å². The first-order chi connectivity index (χ1) is 6.66. The Hall–Kier alpha value is -1.58. The maximum Gasteiger partial charge on any atom is 0.265 e. The Morgan fingerprint density at radius 1 is 1.43 bits per heavy atom. The summed E-state index contributed by atoms with van der Waals surface area (Å²) in [5, 5.41) is 0. The van der Waals surface area contributed by atoms with Crippen LogP contribution in [0.2, 0.25) is 0 Å². The molecular formula is C10H10FNO2. The van der Waals surface area contributed by atoms with Crippen LogP contribution in [0.4, 0.5) is 4.39 Å². The van der Waals surface area contributed by atoms with Crippen molar-refractivity contribution in [3.8, 4) is 5.75 Å². The predicted molar refractivity (Wildman–Crippen MR) is 48.5 cm³/mol. The lowest BCUT2D eigenvalue weighted by atomic mass is 10.2. The molecule has 1 aromatic carbocycles. The molecule has 4 heteroatoms. The molecular weight excluding hydrogens is 185 g/mol. The quantitative estimate of drug-likeness (QED) is 0.660. The lowest BCUT2D eigenvalue weighted by Crippen LogP contribution is -2.56. The molecule has 14 heavy (non-hydrogen) atoms. The van der Waals surface area contributed by atoms with Crippen molar-refractivity contribution >= 4 is 5.91 Å². The van der Waals surface area contributed by atoms with Gasteiger partial charge >= 0.3 is 0 Å². The monoisotopic (exact) mass is 195 g/mol. The fourth-order valence-electron chi connectivity index (χ4n) is 1.32. The van der Waals surface area contributed by atoms with Crippen LogP contribution in [0.25, 0.3) is 0 Å². The van der Waals surface area contributed by atoms with Gasteiger partial charge in [-0.2, -0.15) is 0 Å². The van der Waals surface area contributed by atoms with E-state index in [4.69, 9.17) is 4.74 Å². The Labute approximate surface area is 81.1 Å². The number of β-lactam (4-membered cyclic amide) rings is 1. The van der Waals surface area contributed by atoms with Crippen LogP contribution in [0.3, 0.4) is 0 Å². The van der Waals surface area contributed by atoms with E-state index in [0.29, 0.717) is 12.3 Å². The maximum absolute atomic E-state index is 12.5. The van der Waals surface area contributed by atoms with E-state index >= 15 is 0 Å². The van der Waals surface area contributed by atoms with E-state index in [2.05, 4.69) is 0 Å². The Kier molecular flexibility index (Phi) is 2.11. The van der Waals surface area contributed by atoms with Crippen LogP contribution in [0.5, 0.6) is 5.75 Å². The molecule has 1 aliphatic heterocycles. The third kappa shape index (κ3) is 1.55. The van der Waals surface area contributed by atoms with Gasteiger partial charge in [-0.05, 0) is 24.3 Å². The minimum Gasteiger partial charge on any atom is -0.479 e. The molecule has 0 aromatic heterocycles. The van der Waals surface area contributed by atoms with E-state index < -0.39 is 6.10 Å². The molecule has 1 fully saturated rings. The van der Waals surface area contributed by atoms with Crippen LogP contribution >= 0.6 is 0 Å². The molecule has 0 bridgehead atoms. The summed E-state index contributed by atoms with van der Waals surface area (Å²) in [7, 11) is 1.72. The summed E-state index contributed by atoms with van der Waals surface area (Å²) in [6, 6.07) is 5.65. The number of hydrogen-bond acceptors (Lipinski definition) is 2. The van der Waals surface area contributed by atoms with Crippen molar-refractivity contribution in [1.82, 2.24) is 4.90 Å². The van der Waals surface area contributed by atoms with Crippen molar-refractivity contribution in [3.05, 3.63) is 30.1 Å². The van der Waals surface area contributed by atoms with Crippen molar-refractivity contribution in [3.63, 3.8) is 0 Å². The average molecular weight is 195 g/mol. The molecule has 0 N–H and O–H groups in total. The average Bonchev–Trinajstić information content (AvgIpc) is 2.20. The van der Waals surface area contributed by atoms with Gasteiger partial charge in [0.2, 0.25) is 0 Å². The lowest BCUT2D eigenvalue weighted by molar-refractivity contribution is -0.150. The molecule has 2 rings (SSSR count). The first-order valence-electron chi connectivity index (χ1n) is 4.34. The second kappa shape index (κ2) is 3.29. The number of carbonyl (C=O) groups is 1. The number of likely N-dealkylation sites (N-methyl/N-ethyl adjacent to an activating group) is 1. The summed E-state index contributed by atoms with van der Waals surface area (Å²) < 4.78 is 17.9. The number of ether oxygens (including phenoxy) is 1. The maximum atomic E-state index is 12.5. The van der Waals surface area contributed by atoms with E-state index in [0.717, 1.165) is 0 Å². The standard InChI is InChI=1S/C10H10FNO2/c1-12-6-9(10(12)13)14-8-4-2-7(11)3-5-8/h2-5,9H,6H2,1H3. The van der Waals surface area contributed by atoms with E-state index in [1.165, 1.54) is 24.3 Å². The largest absolute Gasteiger partial charge is 0.479 e. The van der Waals surface area contributed by atoms with Gasteiger partial charge in [0.25, 0.3) is 5.91 Å². The summed E-state index contributed by atoms with van der Waals surface area (Å²) in [6.07, 6.45) is -0.398. The lowest BCUT2D eigenvalue weighted by Gasteiger charge is -2.34. The van der Waals surface area contributed by atoms with E-state index in [1.807, 2.05) is 0 Å². The second-order valence-electron chi connectivity index (χ2n) is 3.28. The Morgan fingerprint density at radius 3 is 2.57 bits per heavy atom. The Morgan fingerprint density at radius 2 is 2.07 bits per heavy atom. The van der Waals surface area contributed by atoms with E-state index in [9.17, 15) is 9.18 Å². The van der Waals surface area contributed by atoms with Crippen molar-refractivity contribution in [2.24, 2.45) is 0 Å². The summed E-state index contributed by atoms with van der Waals surface area (Å²) in [5.74, 6) is 0.182. The minimum absolute atomic E-state index is 0.0330. The van der Waals surface area contributed by atoms with Crippen LogP contribution in [0.15, 0.2) is 24.3 Å². The number of rotatable bonds is 2. The fraction of sp³-hybridized carbons (Fsp3) is 0.300. The smallest absolute Gasteiger partial charge is 0.265 e. The Bertz CT molecular complexity index is 350. The molecule has 0 spiro atoms. The number of benzene rings is 1. The molecule has 0 aliphatic carbocycles. The number of hydrogen-bond donors (Lipinski definition) is 0. The SMILES string of the molecule is CN1CC(Oc2ccc(F)cc2)C1=O. The van der Waals surface area contributed by atoms with Crippen LogP contribution in [-0.4, -0.2) is 30.5 Å². The van der Waals surface area contributed by atoms with Gasteiger partial charge in [-0.1, -0.05) is 0 Å². The molecule has 1 unspecified atom stereocenters. The van der Waals surface area contributed by atoms with Gasteiger partial charge in [0, 0.05) is 7.05 Å². The summed E-state index contributed by atoms with van der Waals surface area (Å²) in [4.78, 5) is 12.7. The number of carbonyl (C=O) groups excluding carboxylic acids is 1. The number of likely N-dealkylation sites (tertiary alicyclic amines) is 1. The molecule has 1 heterocycles. The zero-order chi connectivity index (χ0) is 10.1.